The molecule has 0 radical (unpaired) electrons. The van der Waals surface area contributed by atoms with E-state index in [0.29, 0.717) is 6.17 Å². The van der Waals surface area contributed by atoms with Crippen LogP contribution in [0, 0.1) is 0 Å². The van der Waals surface area contributed by atoms with Crippen molar-refractivity contribution in [2.75, 3.05) is 13.1 Å². The van der Waals surface area contributed by atoms with Gasteiger partial charge in [0.15, 0.2) is 0 Å². The van der Waals surface area contributed by atoms with E-state index in [9.17, 15) is 0 Å². The van der Waals surface area contributed by atoms with Gasteiger partial charge >= 0.3 is 0 Å². The number of hydrogen-bond donors (Lipinski definition) is 2. The third-order valence-electron chi connectivity index (χ3n) is 1.69. The minimum Gasteiger partial charge on any atom is -0.299 e. The lowest BCUT2D eigenvalue weighted by Gasteiger charge is -2.19. The van der Waals surface area contributed by atoms with Gasteiger partial charge in [-0.05, 0) is 25.9 Å². The van der Waals surface area contributed by atoms with Crippen LogP contribution in [0.4, 0.5) is 0 Å². The Morgan fingerprint density at radius 3 is 1.92 bits per heavy atom. The molecule has 0 spiro atoms. The van der Waals surface area contributed by atoms with Crippen molar-refractivity contribution in [2.24, 2.45) is 0 Å². The Bertz CT molecular complexity index is 118. The van der Waals surface area contributed by atoms with E-state index in [1.807, 2.05) is 0 Å². The molecule has 0 unspecified atom stereocenters. The van der Waals surface area contributed by atoms with Crippen molar-refractivity contribution in [3.05, 3.63) is 11.8 Å². The van der Waals surface area contributed by atoms with Crippen molar-refractivity contribution in [1.82, 2.24) is 10.6 Å². The van der Waals surface area contributed by atoms with Gasteiger partial charge in [-0.25, -0.2) is 0 Å². The quantitative estimate of drug-likeness (QED) is 0.438. The molecule has 0 heterocycles. The van der Waals surface area contributed by atoms with Crippen molar-refractivity contribution in [1.29, 1.82) is 0 Å². The third-order valence-corrected chi connectivity index (χ3v) is 2.27. The maximum absolute atomic E-state index is 4.00. The summed E-state index contributed by atoms with van der Waals surface area (Å²) in [7, 11) is 1.07. The van der Waals surface area contributed by atoms with E-state index in [1.165, 1.54) is 18.0 Å². The largest absolute Gasteiger partial charge is 0.299 e. The number of hydrogen-bond acceptors (Lipinski definition) is 2. The van der Waals surface area contributed by atoms with E-state index in [2.05, 4.69) is 31.1 Å². The Hall–Kier alpha value is -0.123. The van der Waals surface area contributed by atoms with Crippen LogP contribution in [-0.2, 0) is 0 Å². The van der Waals surface area contributed by atoms with Gasteiger partial charge in [-0.2, -0.15) is 0 Å². The van der Waals surface area contributed by atoms with Crippen molar-refractivity contribution in [3.8, 4) is 0 Å². The summed E-state index contributed by atoms with van der Waals surface area (Å²) in [4.78, 5) is 0. The Balaban J connectivity index is 3.62. The van der Waals surface area contributed by atoms with Crippen molar-refractivity contribution in [2.45, 2.75) is 32.9 Å². The van der Waals surface area contributed by atoms with Crippen LogP contribution in [0.15, 0.2) is 11.8 Å². The summed E-state index contributed by atoms with van der Waals surface area (Å²) >= 11 is 0. The zero-order chi connectivity index (χ0) is 9.40. The predicted molar refractivity (Wildman–Crippen MR) is 59.5 cm³/mol. The summed E-state index contributed by atoms with van der Waals surface area (Å²) in [6, 6.07) is 0. The van der Waals surface area contributed by atoms with Crippen molar-refractivity contribution >= 4 is 10.2 Å². The highest BCUT2D eigenvalue weighted by Gasteiger charge is 2.04. The molecule has 0 aliphatic rings. The smallest absolute Gasteiger partial charge is 0.0745 e. The molecule has 0 amide bonds. The second-order valence-corrected chi connectivity index (χ2v) is 4.47. The first-order valence-electron chi connectivity index (χ1n) is 4.84. The van der Waals surface area contributed by atoms with Gasteiger partial charge in [-0.1, -0.05) is 19.0 Å². The summed E-state index contributed by atoms with van der Waals surface area (Å²) in [5.41, 5.74) is 0. The van der Waals surface area contributed by atoms with Gasteiger partial charge in [0.25, 0.3) is 0 Å². The molecule has 0 atom stereocenters. The van der Waals surface area contributed by atoms with E-state index < -0.39 is 0 Å². The molecular weight excluding hydrogens is 164 g/mol. The molecule has 0 bridgehead atoms. The molecule has 0 aliphatic heterocycles. The molecule has 12 heavy (non-hydrogen) atoms. The van der Waals surface area contributed by atoms with E-state index in [4.69, 9.17) is 0 Å². The van der Waals surface area contributed by atoms with Gasteiger partial charge in [0.05, 0.1) is 6.17 Å². The second-order valence-electron chi connectivity index (χ2n) is 3.19. The van der Waals surface area contributed by atoms with Gasteiger partial charge in [0, 0.05) is 10.2 Å². The SMILES string of the molecule is C=C([SiH3])C(NCCC)NCCC. The normalized spacial score (nSPS) is 10.9. The predicted octanol–water partition coefficient (Wildman–Crippen LogP) is 0.191. The fourth-order valence-electron chi connectivity index (χ4n) is 0.998. The number of nitrogens with one attached hydrogen (secondary N) is 2. The monoisotopic (exact) mass is 186 g/mol. The average Bonchev–Trinajstić information content (AvgIpc) is 2.04. The first-order chi connectivity index (χ1) is 5.72. The lowest BCUT2D eigenvalue weighted by atomic mass is 10.4. The molecular formula is C9H22N2Si. The van der Waals surface area contributed by atoms with Crippen LogP contribution in [0.5, 0.6) is 0 Å². The standard InChI is InChI=1S/C9H22N2Si/c1-4-6-10-9(8(3)12)11-7-5-2/h9-11H,3-7H2,1-2,12H3. The van der Waals surface area contributed by atoms with Crippen LogP contribution < -0.4 is 10.6 Å². The molecule has 3 heteroatoms. The van der Waals surface area contributed by atoms with Crippen LogP contribution in [-0.4, -0.2) is 29.5 Å². The molecule has 0 fully saturated rings. The van der Waals surface area contributed by atoms with Gasteiger partial charge in [-0.15, -0.1) is 6.58 Å². The maximum Gasteiger partial charge on any atom is 0.0745 e. The van der Waals surface area contributed by atoms with Crippen LogP contribution in [0.25, 0.3) is 0 Å². The molecule has 0 saturated carbocycles. The fourth-order valence-corrected chi connectivity index (χ4v) is 1.41. The minimum atomic E-state index is 0.358. The minimum absolute atomic E-state index is 0.358. The molecule has 2 nitrogen and oxygen atoms in total. The van der Waals surface area contributed by atoms with Gasteiger partial charge < -0.3 is 0 Å². The summed E-state index contributed by atoms with van der Waals surface area (Å²) in [5.74, 6) is 0. The first-order valence-corrected chi connectivity index (χ1v) is 5.84. The van der Waals surface area contributed by atoms with Crippen LogP contribution >= 0.6 is 0 Å². The Morgan fingerprint density at radius 2 is 1.67 bits per heavy atom. The summed E-state index contributed by atoms with van der Waals surface area (Å²) in [6.07, 6.45) is 2.72. The van der Waals surface area contributed by atoms with Gasteiger partial charge in [-0.3, -0.25) is 10.6 Å². The highest BCUT2D eigenvalue weighted by Crippen LogP contribution is 1.90. The summed E-state index contributed by atoms with van der Waals surface area (Å²) in [5, 5.41) is 8.16. The zero-order valence-electron chi connectivity index (χ0n) is 8.61. The molecule has 0 saturated heterocycles. The highest BCUT2D eigenvalue weighted by molar-refractivity contribution is 6.21. The maximum atomic E-state index is 4.00. The van der Waals surface area contributed by atoms with E-state index in [1.54, 1.807) is 0 Å². The van der Waals surface area contributed by atoms with Crippen molar-refractivity contribution in [3.63, 3.8) is 0 Å². The molecule has 72 valence electrons. The molecule has 0 rings (SSSR count). The molecule has 0 aliphatic carbocycles. The Labute approximate surface area is 79.2 Å². The van der Waals surface area contributed by atoms with E-state index in [0.717, 1.165) is 23.3 Å². The first kappa shape index (κ1) is 11.9. The zero-order valence-corrected chi connectivity index (χ0v) is 10.6. The van der Waals surface area contributed by atoms with Crippen molar-refractivity contribution < 1.29 is 0 Å². The Morgan fingerprint density at radius 1 is 1.25 bits per heavy atom. The van der Waals surface area contributed by atoms with E-state index in [-0.39, 0.29) is 0 Å². The van der Waals surface area contributed by atoms with Crippen LogP contribution in [0.3, 0.4) is 0 Å². The second kappa shape index (κ2) is 7.52. The molecule has 2 N–H and O–H groups in total. The lowest BCUT2D eigenvalue weighted by molar-refractivity contribution is 0.486. The third kappa shape index (κ3) is 5.52. The fraction of sp³-hybridized carbons (Fsp3) is 0.778. The van der Waals surface area contributed by atoms with Crippen LogP contribution in [0.2, 0.25) is 0 Å². The average molecular weight is 186 g/mol. The summed E-state index contributed by atoms with van der Waals surface area (Å²) in [6.45, 7) is 10.5. The van der Waals surface area contributed by atoms with Crippen LogP contribution in [0.1, 0.15) is 26.7 Å². The Kier molecular flexibility index (Phi) is 7.44. The molecule has 0 aromatic carbocycles. The van der Waals surface area contributed by atoms with E-state index >= 15 is 0 Å². The molecule has 0 aromatic heterocycles. The summed E-state index contributed by atoms with van der Waals surface area (Å²) < 4.78 is 0. The highest BCUT2D eigenvalue weighted by atomic mass is 28.1. The molecule has 0 aromatic rings. The topological polar surface area (TPSA) is 24.1 Å². The van der Waals surface area contributed by atoms with Gasteiger partial charge in [0.1, 0.15) is 0 Å². The number of rotatable bonds is 7. The lowest BCUT2D eigenvalue weighted by Crippen LogP contribution is -2.44. The van der Waals surface area contributed by atoms with Gasteiger partial charge in [0.2, 0.25) is 0 Å².